The molecular weight excluding hydrogens is 476 g/mol. The summed E-state index contributed by atoms with van der Waals surface area (Å²) in [5.74, 6) is 0.596. The van der Waals surface area contributed by atoms with Crippen molar-refractivity contribution < 1.29 is 8.68 Å². The monoisotopic (exact) mass is 510 g/mol. The summed E-state index contributed by atoms with van der Waals surface area (Å²) in [4.78, 5) is 4.63. The second kappa shape index (κ2) is 8.67. The third-order valence-corrected chi connectivity index (χ3v) is 8.03. The third kappa shape index (κ3) is 3.67. The zero-order chi connectivity index (χ0) is 29.2. The molecule has 4 nitrogen and oxygen atoms in total. The maximum absolute atomic E-state index is 7.95. The quantitative estimate of drug-likeness (QED) is 0.224. The Hall–Kier alpha value is -4.70. The molecule has 0 aliphatic heterocycles. The number of rotatable bonds is 4. The largest absolute Gasteiger partial charge is 0.294 e. The highest BCUT2D eigenvalue weighted by Crippen LogP contribution is 2.38. The first kappa shape index (κ1) is 20.3. The fraction of sp³-hybridized carbons (Fsp3) is 0.143. The number of aryl methyl sites for hydroxylation is 2. The van der Waals surface area contributed by atoms with E-state index < -0.39 is 6.85 Å². The van der Waals surface area contributed by atoms with Gasteiger partial charge >= 0.3 is 0 Å². The summed E-state index contributed by atoms with van der Waals surface area (Å²) in [5, 5.41) is 2.21. The molecule has 0 N–H and O–H groups in total. The normalized spacial score (nSPS) is 13.6. The van der Waals surface area contributed by atoms with Gasteiger partial charge in [0.15, 0.2) is 11.0 Å². The average Bonchev–Trinajstić information content (AvgIpc) is 3.51. The highest BCUT2D eigenvalue weighted by molar-refractivity contribution is 6.09. The minimum atomic E-state index is -2.21. The molecule has 0 aliphatic carbocycles. The van der Waals surface area contributed by atoms with E-state index in [0.29, 0.717) is 5.82 Å². The van der Waals surface area contributed by atoms with Gasteiger partial charge < -0.3 is 0 Å². The zero-order valence-corrected chi connectivity index (χ0v) is 22.3. The van der Waals surface area contributed by atoms with Gasteiger partial charge in [-0.2, -0.15) is 4.57 Å². The molecule has 7 aromatic rings. The molecule has 0 aliphatic rings. The smallest absolute Gasteiger partial charge is 0.249 e. The van der Waals surface area contributed by atoms with Crippen LogP contribution in [0.15, 0.2) is 116 Å². The predicted molar refractivity (Wildman–Crippen MR) is 160 cm³/mol. The number of benzene rings is 4. The predicted octanol–water partition coefficient (Wildman–Crippen LogP) is 7.58. The molecule has 0 saturated carbocycles. The molecule has 7 rings (SSSR count). The van der Waals surface area contributed by atoms with E-state index in [0.717, 1.165) is 38.6 Å². The minimum absolute atomic E-state index is 0.276. The van der Waals surface area contributed by atoms with E-state index >= 15 is 0 Å². The van der Waals surface area contributed by atoms with E-state index in [1.54, 1.807) is 18.3 Å². The Balaban J connectivity index is 1.39. The Morgan fingerprint density at radius 1 is 0.744 bits per heavy atom. The van der Waals surface area contributed by atoms with E-state index in [4.69, 9.17) is 4.11 Å². The van der Waals surface area contributed by atoms with Crippen molar-refractivity contribution in [2.75, 3.05) is 0 Å². The van der Waals surface area contributed by atoms with Gasteiger partial charge in [-0.3, -0.25) is 4.57 Å². The van der Waals surface area contributed by atoms with Crippen LogP contribution >= 0.6 is 0 Å². The Labute approximate surface area is 232 Å². The highest BCUT2D eigenvalue weighted by atomic mass is 15.1. The number of hydrogen-bond donors (Lipinski definition) is 0. The number of aromatic nitrogens is 4. The van der Waals surface area contributed by atoms with Crippen LogP contribution in [0.4, 0.5) is 0 Å². The summed E-state index contributed by atoms with van der Waals surface area (Å²) in [6, 6.07) is 35.3. The molecule has 0 unspecified atom stereocenters. The van der Waals surface area contributed by atoms with Crippen LogP contribution in [0.2, 0.25) is 0 Å². The Bertz CT molecular complexity index is 2130. The molecular formula is C35H31N4+. The number of nitrogens with zero attached hydrogens (tertiary/aromatic N) is 4. The number of pyridine rings is 1. The molecule has 190 valence electrons. The molecule has 0 spiro atoms. The van der Waals surface area contributed by atoms with Crippen molar-refractivity contribution in [2.45, 2.75) is 26.1 Å². The average molecular weight is 511 g/mol. The van der Waals surface area contributed by atoms with Crippen molar-refractivity contribution in [3.63, 3.8) is 0 Å². The first-order valence-electron chi connectivity index (χ1n) is 14.7. The van der Waals surface area contributed by atoms with Gasteiger partial charge in [-0.1, -0.05) is 68.4 Å². The lowest BCUT2D eigenvalue weighted by Gasteiger charge is -2.26. The first-order valence-corrected chi connectivity index (χ1v) is 13.2. The third-order valence-electron chi connectivity index (χ3n) is 8.03. The van der Waals surface area contributed by atoms with Gasteiger partial charge in [0.05, 0.1) is 18.1 Å². The number of imidazole rings is 1. The van der Waals surface area contributed by atoms with Gasteiger partial charge in [0.25, 0.3) is 0 Å². The molecule has 4 aromatic carbocycles. The molecule has 3 aromatic heterocycles. The minimum Gasteiger partial charge on any atom is -0.294 e. The lowest BCUT2D eigenvalue weighted by Crippen LogP contribution is -2.25. The van der Waals surface area contributed by atoms with Gasteiger partial charge in [-0.05, 0) is 72.1 Å². The van der Waals surface area contributed by atoms with Crippen molar-refractivity contribution in [2.24, 2.45) is 7.05 Å². The van der Waals surface area contributed by atoms with Crippen LogP contribution in [-0.4, -0.2) is 14.1 Å². The van der Waals surface area contributed by atoms with E-state index in [-0.39, 0.29) is 11.0 Å². The zero-order valence-electron chi connectivity index (χ0n) is 25.3. The topological polar surface area (TPSA) is 26.6 Å². The van der Waals surface area contributed by atoms with Crippen molar-refractivity contribution >= 4 is 32.8 Å². The van der Waals surface area contributed by atoms with Gasteiger partial charge in [-0.15, -0.1) is 0 Å². The maximum Gasteiger partial charge on any atom is 0.249 e. The Kier molecular flexibility index (Phi) is 4.51. The van der Waals surface area contributed by atoms with E-state index in [1.165, 1.54) is 11.1 Å². The first-order chi connectivity index (χ1) is 20.1. The molecule has 39 heavy (non-hydrogen) atoms. The summed E-state index contributed by atoms with van der Waals surface area (Å²) < 4.78 is 30.3. The summed E-state index contributed by atoms with van der Waals surface area (Å²) >= 11 is 0. The van der Waals surface area contributed by atoms with Crippen LogP contribution in [0.1, 0.15) is 34.7 Å². The maximum atomic E-state index is 7.95. The van der Waals surface area contributed by atoms with Crippen LogP contribution in [0.3, 0.4) is 0 Å². The molecule has 0 amide bonds. The fourth-order valence-electron chi connectivity index (χ4n) is 5.83. The lowest BCUT2D eigenvalue weighted by molar-refractivity contribution is -0.645. The molecule has 4 heteroatoms. The summed E-state index contributed by atoms with van der Waals surface area (Å²) in [6.07, 6.45) is 3.71. The van der Waals surface area contributed by atoms with Crippen molar-refractivity contribution in [3.8, 4) is 11.5 Å². The number of para-hydroxylation sites is 3. The second-order valence-electron chi connectivity index (χ2n) is 10.7. The Morgan fingerprint density at radius 2 is 1.51 bits per heavy atom. The van der Waals surface area contributed by atoms with Crippen molar-refractivity contribution in [3.05, 3.63) is 132 Å². The standard InChI is InChI=1S/C35H31N4/c1-24-18-19-36-34(20-24)39-30-13-6-5-12-28(30)29-17-16-26(22-33(29)39)35(2,3)25-10-9-11-27(21-25)38-23-37(4)31-14-7-8-15-32(31)38/h5-23H,1-4H3/q+1/i1D3. The molecule has 0 radical (unpaired) electrons. The summed E-state index contributed by atoms with van der Waals surface area (Å²) in [7, 11) is 2.07. The van der Waals surface area contributed by atoms with Gasteiger partial charge in [0.1, 0.15) is 11.5 Å². The number of fused-ring (bicyclic) bond motifs is 4. The molecule has 0 saturated heterocycles. The van der Waals surface area contributed by atoms with Gasteiger partial charge in [0, 0.05) is 26.5 Å². The van der Waals surface area contributed by atoms with Crippen LogP contribution < -0.4 is 4.57 Å². The van der Waals surface area contributed by atoms with E-state index in [9.17, 15) is 0 Å². The van der Waals surface area contributed by atoms with Crippen molar-refractivity contribution in [1.29, 1.82) is 0 Å². The van der Waals surface area contributed by atoms with Crippen LogP contribution in [0, 0.1) is 6.85 Å². The van der Waals surface area contributed by atoms with Crippen molar-refractivity contribution in [1.82, 2.24) is 14.1 Å². The molecule has 3 heterocycles. The molecule has 0 fully saturated rings. The van der Waals surface area contributed by atoms with E-state index in [1.807, 2.05) is 12.1 Å². The second-order valence-corrected chi connectivity index (χ2v) is 10.7. The van der Waals surface area contributed by atoms with Crippen LogP contribution in [0.25, 0.3) is 44.3 Å². The highest BCUT2D eigenvalue weighted by Gasteiger charge is 2.26. The van der Waals surface area contributed by atoms with Crippen LogP contribution in [0.5, 0.6) is 0 Å². The fourth-order valence-corrected chi connectivity index (χ4v) is 5.83. The Morgan fingerprint density at radius 3 is 2.38 bits per heavy atom. The summed E-state index contributed by atoms with van der Waals surface area (Å²) in [5.41, 5.74) is 7.75. The van der Waals surface area contributed by atoms with Gasteiger partial charge in [0.2, 0.25) is 6.33 Å². The molecule has 0 atom stereocenters. The SMILES string of the molecule is [2H]C([2H])([2H])c1ccnc(-n2c3ccccc3c3ccc(C(C)(C)c4cccc(-n5c[n+](C)c6ccccc65)c4)cc32)c1. The van der Waals surface area contributed by atoms with E-state index in [2.05, 4.69) is 125 Å². The molecule has 0 bridgehead atoms. The van der Waals surface area contributed by atoms with Crippen LogP contribution in [-0.2, 0) is 12.5 Å². The van der Waals surface area contributed by atoms with Gasteiger partial charge in [-0.25, -0.2) is 9.55 Å². The lowest BCUT2D eigenvalue weighted by atomic mass is 9.77. The number of hydrogen-bond acceptors (Lipinski definition) is 1. The summed E-state index contributed by atoms with van der Waals surface area (Å²) in [6.45, 7) is 2.29.